The van der Waals surface area contributed by atoms with Crippen LogP contribution in [0.5, 0.6) is 0 Å². The summed E-state index contributed by atoms with van der Waals surface area (Å²) in [4.78, 5) is 18.2. The molecule has 0 amide bonds. The van der Waals surface area contributed by atoms with Crippen molar-refractivity contribution < 1.29 is 0 Å². The summed E-state index contributed by atoms with van der Waals surface area (Å²) in [6.45, 7) is 14.6. The summed E-state index contributed by atoms with van der Waals surface area (Å²) in [6.07, 6.45) is 7.16. The van der Waals surface area contributed by atoms with E-state index in [1.54, 1.807) is 0 Å². The molecule has 1 aliphatic heterocycles. The second kappa shape index (κ2) is 14.8. The van der Waals surface area contributed by atoms with E-state index in [9.17, 15) is 0 Å². The van der Waals surface area contributed by atoms with E-state index in [1.165, 1.54) is 12.8 Å². The fourth-order valence-corrected chi connectivity index (χ4v) is 3.17. The van der Waals surface area contributed by atoms with Crippen molar-refractivity contribution in [3.05, 3.63) is 18.5 Å². The second-order valence-electron chi connectivity index (χ2n) is 7.45. The highest BCUT2D eigenvalue weighted by atomic mass is 127. The fourth-order valence-electron chi connectivity index (χ4n) is 3.17. The van der Waals surface area contributed by atoms with Gasteiger partial charge in [-0.3, -0.25) is 9.89 Å². The third-order valence-electron chi connectivity index (χ3n) is 4.70. The molecule has 0 aliphatic carbocycles. The van der Waals surface area contributed by atoms with Crippen LogP contribution in [0.15, 0.2) is 23.5 Å². The highest BCUT2D eigenvalue weighted by Gasteiger charge is 2.18. The molecule has 8 heteroatoms. The lowest BCUT2D eigenvalue weighted by Crippen LogP contribution is -2.47. The van der Waals surface area contributed by atoms with Gasteiger partial charge in [-0.1, -0.05) is 13.8 Å². The van der Waals surface area contributed by atoms with Crippen LogP contribution in [0.25, 0.3) is 0 Å². The van der Waals surface area contributed by atoms with Gasteiger partial charge in [0.2, 0.25) is 5.95 Å². The van der Waals surface area contributed by atoms with Crippen molar-refractivity contribution in [1.29, 1.82) is 0 Å². The monoisotopic (exact) mass is 503 g/mol. The van der Waals surface area contributed by atoms with E-state index in [2.05, 4.69) is 51.2 Å². The Kier molecular flexibility index (Phi) is 13.1. The van der Waals surface area contributed by atoms with Gasteiger partial charge in [0.05, 0.1) is 0 Å². The molecule has 7 nitrogen and oxygen atoms in total. The van der Waals surface area contributed by atoms with E-state index in [-0.39, 0.29) is 24.0 Å². The SMILES string of the molecule is CCNC(=NCCCN1CCN(c2ncccn2)CC1)NCCCC(C)C.I. The highest BCUT2D eigenvalue weighted by molar-refractivity contribution is 14.0. The number of aliphatic imine (C=N–C) groups is 1. The molecule has 160 valence electrons. The smallest absolute Gasteiger partial charge is 0.225 e. The maximum atomic E-state index is 4.71. The zero-order chi connectivity index (χ0) is 19.3. The van der Waals surface area contributed by atoms with Gasteiger partial charge in [-0.15, -0.1) is 24.0 Å². The molecule has 2 heterocycles. The normalized spacial score (nSPS) is 15.4. The van der Waals surface area contributed by atoms with Gasteiger partial charge in [-0.25, -0.2) is 9.97 Å². The molecule has 0 spiro atoms. The van der Waals surface area contributed by atoms with Gasteiger partial charge < -0.3 is 15.5 Å². The number of anilines is 1. The number of hydrogen-bond donors (Lipinski definition) is 2. The first kappa shape index (κ1) is 24.9. The van der Waals surface area contributed by atoms with Crippen LogP contribution in [0.3, 0.4) is 0 Å². The van der Waals surface area contributed by atoms with E-state index in [4.69, 9.17) is 4.99 Å². The Morgan fingerprint density at radius 1 is 1.11 bits per heavy atom. The molecule has 1 saturated heterocycles. The van der Waals surface area contributed by atoms with E-state index < -0.39 is 0 Å². The molecule has 1 aliphatic rings. The number of nitrogens with one attached hydrogen (secondary N) is 2. The van der Waals surface area contributed by atoms with Crippen molar-refractivity contribution in [2.75, 3.05) is 57.3 Å². The van der Waals surface area contributed by atoms with Gasteiger partial charge in [0.15, 0.2) is 5.96 Å². The van der Waals surface area contributed by atoms with Crippen LogP contribution >= 0.6 is 24.0 Å². The summed E-state index contributed by atoms with van der Waals surface area (Å²) in [5, 5.41) is 6.78. The maximum absolute atomic E-state index is 4.71. The minimum atomic E-state index is 0. The van der Waals surface area contributed by atoms with Crippen molar-refractivity contribution in [3.8, 4) is 0 Å². The third kappa shape index (κ3) is 9.86. The summed E-state index contributed by atoms with van der Waals surface area (Å²) >= 11 is 0. The lowest BCUT2D eigenvalue weighted by Gasteiger charge is -2.34. The van der Waals surface area contributed by atoms with Crippen LogP contribution in [0.2, 0.25) is 0 Å². The number of halogens is 1. The average molecular weight is 503 g/mol. The standard InChI is InChI=1S/C20H37N7.HI/c1-4-21-19(22-9-5-8-18(2)3)23-12-7-13-26-14-16-27(17-15-26)20-24-10-6-11-25-20;/h6,10-11,18H,4-5,7-9,12-17H2,1-3H3,(H2,21,22,23);1H. The summed E-state index contributed by atoms with van der Waals surface area (Å²) in [7, 11) is 0. The van der Waals surface area contributed by atoms with E-state index in [1.807, 2.05) is 18.5 Å². The van der Waals surface area contributed by atoms with Gasteiger partial charge in [0.1, 0.15) is 0 Å². The van der Waals surface area contributed by atoms with Gasteiger partial charge in [-0.05, 0) is 38.2 Å². The first-order valence-corrected chi connectivity index (χ1v) is 10.5. The van der Waals surface area contributed by atoms with Crippen molar-refractivity contribution in [2.24, 2.45) is 10.9 Å². The molecule has 0 saturated carbocycles. The second-order valence-corrected chi connectivity index (χ2v) is 7.45. The number of rotatable bonds is 10. The Bertz CT molecular complexity index is 531. The highest BCUT2D eigenvalue weighted by Crippen LogP contribution is 2.09. The molecule has 1 fully saturated rings. The molecule has 1 aromatic heterocycles. The zero-order valence-electron chi connectivity index (χ0n) is 17.7. The molecule has 0 radical (unpaired) electrons. The number of aromatic nitrogens is 2. The van der Waals surface area contributed by atoms with Crippen LogP contribution in [0.1, 0.15) is 40.0 Å². The van der Waals surface area contributed by atoms with E-state index >= 15 is 0 Å². The Balaban J connectivity index is 0.00000392. The number of guanidine groups is 1. The third-order valence-corrected chi connectivity index (χ3v) is 4.70. The summed E-state index contributed by atoms with van der Waals surface area (Å²) in [5.41, 5.74) is 0. The minimum Gasteiger partial charge on any atom is -0.357 e. The first-order valence-electron chi connectivity index (χ1n) is 10.5. The molecule has 2 rings (SSSR count). The summed E-state index contributed by atoms with van der Waals surface area (Å²) in [5.74, 6) is 2.56. The first-order chi connectivity index (χ1) is 13.2. The molecular formula is C20H38IN7. The van der Waals surface area contributed by atoms with Gasteiger partial charge in [-0.2, -0.15) is 0 Å². The lowest BCUT2D eigenvalue weighted by atomic mass is 10.1. The number of nitrogens with zero attached hydrogens (tertiary/aromatic N) is 5. The Morgan fingerprint density at radius 2 is 1.82 bits per heavy atom. The molecular weight excluding hydrogens is 465 g/mol. The molecule has 0 unspecified atom stereocenters. The quantitative estimate of drug-likeness (QED) is 0.222. The fraction of sp³-hybridized carbons (Fsp3) is 0.750. The van der Waals surface area contributed by atoms with Crippen molar-refractivity contribution in [3.63, 3.8) is 0 Å². The minimum absolute atomic E-state index is 0. The molecule has 0 atom stereocenters. The van der Waals surface area contributed by atoms with Crippen molar-refractivity contribution in [1.82, 2.24) is 25.5 Å². The Hall–Kier alpha value is -1.16. The largest absolute Gasteiger partial charge is 0.357 e. The van der Waals surface area contributed by atoms with Crippen LogP contribution < -0.4 is 15.5 Å². The molecule has 1 aromatic rings. The topological polar surface area (TPSA) is 68.7 Å². The number of piperazine rings is 1. The van der Waals surface area contributed by atoms with E-state index in [0.29, 0.717) is 0 Å². The lowest BCUT2D eigenvalue weighted by molar-refractivity contribution is 0.255. The Morgan fingerprint density at radius 3 is 2.46 bits per heavy atom. The average Bonchev–Trinajstić information content (AvgIpc) is 2.69. The van der Waals surface area contributed by atoms with Crippen molar-refractivity contribution >= 4 is 35.9 Å². The van der Waals surface area contributed by atoms with Crippen LogP contribution in [-0.2, 0) is 0 Å². The van der Waals surface area contributed by atoms with Gasteiger partial charge in [0.25, 0.3) is 0 Å². The molecule has 28 heavy (non-hydrogen) atoms. The van der Waals surface area contributed by atoms with Crippen LogP contribution in [0.4, 0.5) is 5.95 Å². The molecule has 2 N–H and O–H groups in total. The zero-order valence-corrected chi connectivity index (χ0v) is 20.1. The van der Waals surface area contributed by atoms with Crippen LogP contribution in [-0.4, -0.2) is 73.2 Å². The Labute approximate surface area is 187 Å². The predicted molar refractivity (Wildman–Crippen MR) is 129 cm³/mol. The summed E-state index contributed by atoms with van der Waals surface area (Å²) in [6, 6.07) is 1.86. The van der Waals surface area contributed by atoms with Gasteiger partial charge in [0, 0.05) is 64.8 Å². The van der Waals surface area contributed by atoms with E-state index in [0.717, 1.165) is 76.6 Å². The van der Waals surface area contributed by atoms with Crippen molar-refractivity contribution in [2.45, 2.75) is 40.0 Å². The number of hydrogen-bond acceptors (Lipinski definition) is 5. The predicted octanol–water partition coefficient (Wildman–Crippen LogP) is 2.60. The molecule has 0 bridgehead atoms. The maximum Gasteiger partial charge on any atom is 0.225 e. The van der Waals surface area contributed by atoms with Gasteiger partial charge >= 0.3 is 0 Å². The van der Waals surface area contributed by atoms with Crippen LogP contribution in [0, 0.1) is 5.92 Å². The summed E-state index contributed by atoms with van der Waals surface area (Å²) < 4.78 is 0. The molecule has 0 aromatic carbocycles.